The Bertz CT molecular complexity index is 570. The summed E-state index contributed by atoms with van der Waals surface area (Å²) in [5.74, 6) is 0.922. The summed E-state index contributed by atoms with van der Waals surface area (Å²) in [5.41, 5.74) is 0. The van der Waals surface area contributed by atoms with E-state index in [4.69, 9.17) is 0 Å². The summed E-state index contributed by atoms with van der Waals surface area (Å²) in [7, 11) is 1.71. The number of hydrogen-bond donors (Lipinski definition) is 2. The van der Waals surface area contributed by atoms with Gasteiger partial charge in [-0.2, -0.15) is 13.2 Å². The van der Waals surface area contributed by atoms with Gasteiger partial charge in [0.15, 0.2) is 5.96 Å². The number of nitrogens with zero attached hydrogens (tertiary/aromatic N) is 2. The van der Waals surface area contributed by atoms with Gasteiger partial charge in [0.1, 0.15) is 0 Å². The van der Waals surface area contributed by atoms with Crippen molar-refractivity contribution in [2.24, 2.45) is 10.9 Å². The Labute approximate surface area is 151 Å². The number of aliphatic imine (C=N–C) groups is 1. The molecule has 2 atom stereocenters. The van der Waals surface area contributed by atoms with E-state index in [9.17, 15) is 13.2 Å². The molecule has 142 valence electrons. The zero-order chi connectivity index (χ0) is 18.4. The highest BCUT2D eigenvalue weighted by Gasteiger charge is 2.34. The van der Waals surface area contributed by atoms with Crippen LogP contribution in [0, 0.1) is 12.8 Å². The van der Waals surface area contributed by atoms with Crippen LogP contribution in [0.2, 0.25) is 0 Å². The van der Waals surface area contributed by atoms with E-state index in [1.54, 1.807) is 18.4 Å². The maximum atomic E-state index is 12.4. The minimum Gasteiger partial charge on any atom is -0.356 e. The van der Waals surface area contributed by atoms with Crippen molar-refractivity contribution >= 4 is 17.3 Å². The second kappa shape index (κ2) is 8.89. The number of alkyl halides is 3. The zero-order valence-corrected chi connectivity index (χ0v) is 15.8. The molecule has 0 spiro atoms. The molecule has 0 radical (unpaired) electrons. The second-order valence-corrected chi connectivity index (χ2v) is 8.09. The van der Waals surface area contributed by atoms with Gasteiger partial charge in [-0.3, -0.25) is 9.89 Å². The van der Waals surface area contributed by atoms with E-state index >= 15 is 0 Å². The van der Waals surface area contributed by atoms with Crippen LogP contribution in [0.4, 0.5) is 13.2 Å². The van der Waals surface area contributed by atoms with E-state index in [-0.39, 0.29) is 12.0 Å². The van der Waals surface area contributed by atoms with E-state index in [0.29, 0.717) is 25.6 Å². The Balaban J connectivity index is 1.71. The highest BCUT2D eigenvalue weighted by atomic mass is 32.1. The quantitative estimate of drug-likeness (QED) is 0.592. The molecule has 2 N–H and O–H groups in total. The summed E-state index contributed by atoms with van der Waals surface area (Å²) >= 11 is 1.79. The van der Waals surface area contributed by atoms with Gasteiger partial charge in [-0.1, -0.05) is 0 Å². The normalized spacial score (nSPS) is 20.7. The van der Waals surface area contributed by atoms with E-state index < -0.39 is 12.7 Å². The lowest BCUT2D eigenvalue weighted by molar-refractivity contribution is -0.143. The van der Waals surface area contributed by atoms with Gasteiger partial charge in [0, 0.05) is 42.4 Å². The predicted octanol–water partition coefficient (Wildman–Crippen LogP) is 3.04. The molecule has 25 heavy (non-hydrogen) atoms. The van der Waals surface area contributed by atoms with Crippen molar-refractivity contribution in [2.75, 3.05) is 33.2 Å². The third kappa shape index (κ3) is 7.23. The van der Waals surface area contributed by atoms with E-state index in [1.165, 1.54) is 14.7 Å². The smallest absolute Gasteiger partial charge is 0.356 e. The molecule has 2 heterocycles. The minimum absolute atomic E-state index is 0.219. The summed E-state index contributed by atoms with van der Waals surface area (Å²) in [6, 6.07) is 4.49. The molecule has 1 aliphatic rings. The number of rotatable bonds is 6. The Hall–Kier alpha value is -1.28. The lowest BCUT2D eigenvalue weighted by atomic mass is 10.1. The number of nitrogens with one attached hydrogen (secondary N) is 2. The van der Waals surface area contributed by atoms with Crippen molar-refractivity contribution in [3.05, 3.63) is 21.9 Å². The van der Waals surface area contributed by atoms with Crippen molar-refractivity contribution in [1.29, 1.82) is 0 Å². The number of likely N-dealkylation sites (tertiary alicyclic amines) is 1. The molecule has 0 aliphatic carbocycles. The second-order valence-electron chi connectivity index (χ2n) is 6.72. The predicted molar refractivity (Wildman–Crippen MR) is 97.3 cm³/mol. The zero-order valence-electron chi connectivity index (χ0n) is 15.0. The first-order valence-corrected chi connectivity index (χ1v) is 9.38. The van der Waals surface area contributed by atoms with Gasteiger partial charge in [-0.15, -0.1) is 11.3 Å². The molecule has 0 saturated carbocycles. The van der Waals surface area contributed by atoms with Crippen molar-refractivity contribution in [3.8, 4) is 0 Å². The van der Waals surface area contributed by atoms with Gasteiger partial charge in [0.2, 0.25) is 0 Å². The largest absolute Gasteiger partial charge is 0.401 e. The Morgan fingerprint density at radius 2 is 2.20 bits per heavy atom. The molecule has 1 fully saturated rings. The van der Waals surface area contributed by atoms with Crippen LogP contribution < -0.4 is 10.6 Å². The van der Waals surface area contributed by atoms with Crippen LogP contribution in [-0.2, 0) is 6.42 Å². The van der Waals surface area contributed by atoms with Crippen molar-refractivity contribution < 1.29 is 13.2 Å². The molecule has 2 rings (SSSR count). The third-order valence-electron chi connectivity index (χ3n) is 4.24. The molecule has 8 heteroatoms. The number of halogens is 3. The fraction of sp³-hybridized carbons (Fsp3) is 0.706. The minimum atomic E-state index is -4.12. The van der Waals surface area contributed by atoms with Crippen molar-refractivity contribution in [3.63, 3.8) is 0 Å². The molecule has 4 nitrogen and oxygen atoms in total. The fourth-order valence-corrected chi connectivity index (χ4v) is 4.11. The monoisotopic (exact) mass is 376 g/mol. The number of thiophene rings is 1. The summed E-state index contributed by atoms with van der Waals surface area (Å²) in [4.78, 5) is 8.32. The van der Waals surface area contributed by atoms with Gasteiger partial charge in [0.25, 0.3) is 0 Å². The van der Waals surface area contributed by atoms with Gasteiger partial charge in [-0.05, 0) is 44.9 Å². The Morgan fingerprint density at radius 3 is 2.80 bits per heavy atom. The number of hydrogen-bond acceptors (Lipinski definition) is 3. The molecular formula is C17H27F3N4S. The maximum absolute atomic E-state index is 12.4. The Kier molecular flexibility index (Phi) is 7.13. The highest BCUT2D eigenvalue weighted by Crippen LogP contribution is 2.22. The van der Waals surface area contributed by atoms with Crippen LogP contribution in [0.25, 0.3) is 0 Å². The van der Waals surface area contributed by atoms with E-state index in [0.717, 1.165) is 12.8 Å². The first-order valence-electron chi connectivity index (χ1n) is 8.57. The van der Waals surface area contributed by atoms with Crippen LogP contribution in [-0.4, -0.2) is 56.3 Å². The summed E-state index contributed by atoms with van der Waals surface area (Å²) in [6.07, 6.45) is -2.42. The van der Waals surface area contributed by atoms with Crippen molar-refractivity contribution in [1.82, 2.24) is 15.5 Å². The summed E-state index contributed by atoms with van der Waals surface area (Å²) in [6.45, 7) is 5.01. The van der Waals surface area contributed by atoms with Crippen LogP contribution in [0.1, 0.15) is 23.1 Å². The van der Waals surface area contributed by atoms with E-state index in [2.05, 4.69) is 41.6 Å². The lowest BCUT2D eigenvalue weighted by Gasteiger charge is -2.20. The van der Waals surface area contributed by atoms with Gasteiger partial charge >= 0.3 is 6.18 Å². The molecule has 2 unspecified atom stereocenters. The van der Waals surface area contributed by atoms with Gasteiger partial charge in [-0.25, -0.2) is 0 Å². The topological polar surface area (TPSA) is 39.7 Å². The first-order chi connectivity index (χ1) is 11.7. The average Bonchev–Trinajstić information content (AvgIpc) is 3.10. The third-order valence-corrected chi connectivity index (χ3v) is 5.26. The maximum Gasteiger partial charge on any atom is 0.401 e. The molecule has 1 aromatic rings. The van der Waals surface area contributed by atoms with Crippen molar-refractivity contribution in [2.45, 2.75) is 38.9 Å². The van der Waals surface area contributed by atoms with Gasteiger partial charge < -0.3 is 10.6 Å². The van der Waals surface area contributed by atoms with E-state index in [1.807, 2.05) is 0 Å². The lowest BCUT2D eigenvalue weighted by Crippen LogP contribution is -2.44. The Morgan fingerprint density at radius 1 is 1.44 bits per heavy atom. The van der Waals surface area contributed by atoms with Crippen LogP contribution in [0.3, 0.4) is 0 Å². The molecule has 0 aromatic carbocycles. The average molecular weight is 376 g/mol. The SMILES string of the molecule is CN=C(NCC1CCN(CC(F)(F)F)C1)NC(C)Cc1ccc(C)s1. The molecule has 1 saturated heterocycles. The number of aryl methyl sites for hydroxylation is 1. The van der Waals surface area contributed by atoms with Gasteiger partial charge in [0.05, 0.1) is 6.54 Å². The van der Waals surface area contributed by atoms with Crippen LogP contribution in [0.5, 0.6) is 0 Å². The van der Waals surface area contributed by atoms with Crippen LogP contribution in [0.15, 0.2) is 17.1 Å². The molecule has 0 bridgehead atoms. The fourth-order valence-electron chi connectivity index (χ4n) is 3.09. The summed E-state index contributed by atoms with van der Waals surface area (Å²) in [5, 5.41) is 6.60. The van der Waals surface area contributed by atoms with Crippen LogP contribution >= 0.6 is 11.3 Å². The highest BCUT2D eigenvalue weighted by molar-refractivity contribution is 7.11. The molecule has 1 aliphatic heterocycles. The standard InChI is InChI=1S/C17H27F3N4S/c1-12(8-15-5-4-13(2)25-15)23-16(21-3)22-9-14-6-7-24(10-14)11-17(18,19)20/h4-5,12,14H,6-11H2,1-3H3,(H2,21,22,23). The molecule has 0 amide bonds. The number of guanidine groups is 1. The first kappa shape index (κ1) is 20.0. The summed E-state index contributed by atoms with van der Waals surface area (Å²) < 4.78 is 37.3. The molecular weight excluding hydrogens is 349 g/mol. The molecule has 1 aromatic heterocycles.